The largest absolute Gasteiger partial charge is 0.496 e. The molecule has 1 aliphatic heterocycles. The highest BCUT2D eigenvalue weighted by Crippen LogP contribution is 2.26. The standard InChI is InChI=1S/C21H22N2O5/c1-27-18-10-6-3-7-14(18)12-23-13-15(11-19(23)24)20(25)22-17-9-5-4-8-16(17)21(26)28-2/h3-10,15H,11-13H2,1-2H3,(H,22,25). The number of nitrogens with one attached hydrogen (secondary N) is 1. The molecule has 0 spiro atoms. The Bertz CT molecular complexity index is 896. The Labute approximate surface area is 163 Å². The summed E-state index contributed by atoms with van der Waals surface area (Å²) in [6, 6.07) is 14.1. The number of hydrogen-bond donors (Lipinski definition) is 1. The Morgan fingerprint density at radius 2 is 1.82 bits per heavy atom. The molecule has 1 fully saturated rings. The van der Waals surface area contributed by atoms with Gasteiger partial charge in [0.05, 0.1) is 31.4 Å². The Hall–Kier alpha value is -3.35. The number of rotatable bonds is 6. The van der Waals surface area contributed by atoms with E-state index < -0.39 is 11.9 Å². The highest BCUT2D eigenvalue weighted by Gasteiger charge is 2.35. The second kappa shape index (κ2) is 8.56. The van der Waals surface area contributed by atoms with E-state index in [1.165, 1.54) is 7.11 Å². The van der Waals surface area contributed by atoms with E-state index in [0.717, 1.165) is 5.56 Å². The molecule has 0 radical (unpaired) electrons. The van der Waals surface area contributed by atoms with Gasteiger partial charge in [0, 0.05) is 25.1 Å². The summed E-state index contributed by atoms with van der Waals surface area (Å²) in [6.45, 7) is 0.689. The number of hydrogen-bond acceptors (Lipinski definition) is 5. The maximum absolute atomic E-state index is 12.7. The molecule has 1 heterocycles. The number of carbonyl (C=O) groups excluding carboxylic acids is 3. The monoisotopic (exact) mass is 382 g/mol. The summed E-state index contributed by atoms with van der Waals surface area (Å²) in [7, 11) is 2.87. The molecule has 2 amide bonds. The first-order chi connectivity index (χ1) is 13.5. The minimum Gasteiger partial charge on any atom is -0.496 e. The normalized spacial score (nSPS) is 16.0. The molecule has 1 saturated heterocycles. The van der Waals surface area contributed by atoms with Gasteiger partial charge in [0.25, 0.3) is 0 Å². The van der Waals surface area contributed by atoms with Crippen LogP contribution in [0.5, 0.6) is 5.75 Å². The maximum atomic E-state index is 12.7. The smallest absolute Gasteiger partial charge is 0.339 e. The van der Waals surface area contributed by atoms with Gasteiger partial charge in [0.2, 0.25) is 11.8 Å². The Balaban J connectivity index is 1.68. The highest BCUT2D eigenvalue weighted by molar-refractivity contribution is 6.03. The molecule has 0 aliphatic carbocycles. The van der Waals surface area contributed by atoms with Crippen molar-refractivity contribution in [3.05, 3.63) is 59.7 Å². The van der Waals surface area contributed by atoms with E-state index in [-0.39, 0.29) is 23.8 Å². The van der Waals surface area contributed by atoms with Gasteiger partial charge in [-0.25, -0.2) is 4.79 Å². The number of carbonyl (C=O) groups is 3. The fourth-order valence-electron chi connectivity index (χ4n) is 3.25. The van der Waals surface area contributed by atoms with Gasteiger partial charge in [-0.3, -0.25) is 9.59 Å². The van der Waals surface area contributed by atoms with E-state index in [2.05, 4.69) is 5.32 Å². The van der Waals surface area contributed by atoms with Gasteiger partial charge < -0.3 is 19.7 Å². The van der Waals surface area contributed by atoms with E-state index >= 15 is 0 Å². The molecule has 0 aromatic heterocycles. The summed E-state index contributed by atoms with van der Waals surface area (Å²) in [5.74, 6) is -0.709. The molecule has 1 atom stereocenters. The van der Waals surface area contributed by atoms with Crippen molar-refractivity contribution in [2.45, 2.75) is 13.0 Å². The van der Waals surface area contributed by atoms with Gasteiger partial charge >= 0.3 is 5.97 Å². The Morgan fingerprint density at radius 1 is 1.11 bits per heavy atom. The molecule has 1 aliphatic rings. The lowest BCUT2D eigenvalue weighted by Gasteiger charge is -2.18. The SMILES string of the molecule is COC(=O)c1ccccc1NC(=O)C1CC(=O)N(Cc2ccccc2OC)C1. The first-order valence-corrected chi connectivity index (χ1v) is 8.91. The lowest BCUT2D eigenvalue weighted by atomic mass is 10.1. The summed E-state index contributed by atoms with van der Waals surface area (Å²) < 4.78 is 10.1. The van der Waals surface area contributed by atoms with Crippen molar-refractivity contribution in [2.75, 3.05) is 26.1 Å². The van der Waals surface area contributed by atoms with Crippen LogP contribution in [0.4, 0.5) is 5.69 Å². The van der Waals surface area contributed by atoms with Crippen LogP contribution in [0.15, 0.2) is 48.5 Å². The Kier molecular flexibility index (Phi) is 5.93. The summed E-state index contributed by atoms with van der Waals surface area (Å²) in [5, 5.41) is 2.75. The van der Waals surface area contributed by atoms with Crippen LogP contribution in [0, 0.1) is 5.92 Å². The predicted molar refractivity (Wildman–Crippen MR) is 103 cm³/mol. The number of esters is 1. The molecular weight excluding hydrogens is 360 g/mol. The predicted octanol–water partition coefficient (Wildman–Crippen LogP) is 2.47. The van der Waals surface area contributed by atoms with Crippen LogP contribution in [-0.2, 0) is 20.9 Å². The fourth-order valence-corrected chi connectivity index (χ4v) is 3.25. The van der Waals surface area contributed by atoms with Crippen LogP contribution in [0.25, 0.3) is 0 Å². The van der Waals surface area contributed by atoms with Crippen molar-refractivity contribution in [3.8, 4) is 5.75 Å². The molecule has 7 heteroatoms. The van der Waals surface area contributed by atoms with Crippen LogP contribution >= 0.6 is 0 Å². The summed E-state index contributed by atoms with van der Waals surface area (Å²) in [5.41, 5.74) is 1.53. The number of ether oxygens (including phenoxy) is 2. The molecule has 7 nitrogen and oxygen atoms in total. The number of methoxy groups -OCH3 is 2. The Morgan fingerprint density at radius 3 is 2.57 bits per heavy atom. The molecule has 28 heavy (non-hydrogen) atoms. The van der Waals surface area contributed by atoms with E-state index in [1.54, 1.807) is 36.3 Å². The van der Waals surface area contributed by atoms with E-state index in [4.69, 9.17) is 9.47 Å². The molecule has 3 rings (SSSR count). The summed E-state index contributed by atoms with van der Waals surface area (Å²) in [4.78, 5) is 38.6. The van der Waals surface area contributed by atoms with E-state index in [9.17, 15) is 14.4 Å². The van der Waals surface area contributed by atoms with Gasteiger partial charge in [-0.1, -0.05) is 30.3 Å². The zero-order valence-corrected chi connectivity index (χ0v) is 15.8. The number of nitrogens with zero attached hydrogens (tertiary/aromatic N) is 1. The number of anilines is 1. The summed E-state index contributed by atoms with van der Waals surface area (Å²) >= 11 is 0. The minimum atomic E-state index is -0.531. The molecule has 1 unspecified atom stereocenters. The van der Waals surface area contributed by atoms with E-state index in [1.807, 2.05) is 24.3 Å². The van der Waals surface area contributed by atoms with Crippen LogP contribution in [0.2, 0.25) is 0 Å². The quantitative estimate of drug-likeness (QED) is 0.776. The van der Waals surface area contributed by atoms with Crippen molar-refractivity contribution >= 4 is 23.5 Å². The average Bonchev–Trinajstić information content (AvgIpc) is 3.08. The number of benzene rings is 2. The summed E-state index contributed by atoms with van der Waals surface area (Å²) in [6.07, 6.45) is 0.126. The molecule has 0 saturated carbocycles. The van der Waals surface area contributed by atoms with E-state index in [0.29, 0.717) is 24.5 Å². The number of para-hydroxylation sites is 2. The fraction of sp³-hybridized carbons (Fsp3) is 0.286. The topological polar surface area (TPSA) is 84.9 Å². The van der Waals surface area contributed by atoms with Gasteiger partial charge in [-0.05, 0) is 18.2 Å². The molecule has 146 valence electrons. The lowest BCUT2D eigenvalue weighted by molar-refractivity contribution is -0.128. The lowest BCUT2D eigenvalue weighted by Crippen LogP contribution is -2.28. The van der Waals surface area contributed by atoms with Gasteiger partial charge in [0.15, 0.2) is 0 Å². The molecule has 1 N–H and O–H groups in total. The molecule has 2 aromatic carbocycles. The van der Waals surface area contributed by atoms with Crippen molar-refractivity contribution in [1.29, 1.82) is 0 Å². The molecule has 0 bridgehead atoms. The molecule has 2 aromatic rings. The van der Waals surface area contributed by atoms with Gasteiger partial charge in [-0.15, -0.1) is 0 Å². The minimum absolute atomic E-state index is 0.0905. The first kappa shape index (κ1) is 19.4. The van der Waals surface area contributed by atoms with Gasteiger partial charge in [0.1, 0.15) is 5.75 Å². The zero-order chi connectivity index (χ0) is 20.1. The average molecular weight is 382 g/mol. The zero-order valence-electron chi connectivity index (χ0n) is 15.8. The van der Waals surface area contributed by atoms with Crippen LogP contribution in [-0.4, -0.2) is 43.4 Å². The highest BCUT2D eigenvalue weighted by atomic mass is 16.5. The second-order valence-electron chi connectivity index (χ2n) is 6.51. The van der Waals surface area contributed by atoms with Crippen LogP contribution < -0.4 is 10.1 Å². The van der Waals surface area contributed by atoms with Crippen LogP contribution in [0.1, 0.15) is 22.3 Å². The third-order valence-corrected chi connectivity index (χ3v) is 4.73. The maximum Gasteiger partial charge on any atom is 0.339 e. The van der Waals surface area contributed by atoms with Crippen molar-refractivity contribution in [2.24, 2.45) is 5.92 Å². The van der Waals surface area contributed by atoms with Crippen molar-refractivity contribution in [1.82, 2.24) is 4.90 Å². The third-order valence-electron chi connectivity index (χ3n) is 4.73. The van der Waals surface area contributed by atoms with Crippen molar-refractivity contribution < 1.29 is 23.9 Å². The second-order valence-corrected chi connectivity index (χ2v) is 6.51. The number of likely N-dealkylation sites (tertiary alicyclic amines) is 1. The first-order valence-electron chi connectivity index (χ1n) is 8.91. The number of amides is 2. The van der Waals surface area contributed by atoms with Gasteiger partial charge in [-0.2, -0.15) is 0 Å². The molecular formula is C21H22N2O5. The van der Waals surface area contributed by atoms with Crippen molar-refractivity contribution in [3.63, 3.8) is 0 Å². The van der Waals surface area contributed by atoms with Crippen LogP contribution in [0.3, 0.4) is 0 Å². The third kappa shape index (κ3) is 4.14.